The van der Waals surface area contributed by atoms with Crippen molar-refractivity contribution in [1.29, 1.82) is 0 Å². The Labute approximate surface area is 219 Å². The zero-order valence-corrected chi connectivity index (χ0v) is 21.4. The number of rotatable bonds is 10. The zero-order chi connectivity index (χ0) is 25.5. The second kappa shape index (κ2) is 11.8. The third-order valence-corrected chi connectivity index (χ3v) is 6.73. The average molecular weight is 496 g/mol. The van der Waals surface area contributed by atoms with Crippen molar-refractivity contribution in [3.63, 3.8) is 0 Å². The SMILES string of the molecule is COc1cc(C2NCCc3cc(OC)c(OCc4ccccc4)cc32)ccc1OCCc1ccccc1. The van der Waals surface area contributed by atoms with Crippen molar-refractivity contribution < 1.29 is 18.9 Å². The molecule has 0 bridgehead atoms. The number of ether oxygens (including phenoxy) is 4. The molecule has 0 fully saturated rings. The minimum absolute atomic E-state index is 0.0148. The van der Waals surface area contributed by atoms with Crippen LogP contribution < -0.4 is 24.3 Å². The summed E-state index contributed by atoms with van der Waals surface area (Å²) in [6, 6.07) is 30.9. The zero-order valence-electron chi connectivity index (χ0n) is 21.4. The van der Waals surface area contributed by atoms with Gasteiger partial charge >= 0.3 is 0 Å². The molecule has 37 heavy (non-hydrogen) atoms. The lowest BCUT2D eigenvalue weighted by molar-refractivity contribution is 0.283. The Morgan fingerprint density at radius 2 is 1.41 bits per heavy atom. The lowest BCUT2D eigenvalue weighted by Gasteiger charge is -2.29. The normalized spacial score (nSPS) is 14.5. The molecule has 1 N–H and O–H groups in total. The quantitative estimate of drug-likeness (QED) is 0.286. The molecule has 0 radical (unpaired) electrons. The number of benzene rings is 4. The predicted octanol–water partition coefficient (Wildman–Crippen LogP) is 6.14. The van der Waals surface area contributed by atoms with Crippen LogP contribution in [0.25, 0.3) is 0 Å². The van der Waals surface area contributed by atoms with Gasteiger partial charge in [0.2, 0.25) is 0 Å². The molecular weight excluding hydrogens is 462 g/mol. The Kier molecular flexibility index (Phi) is 7.92. The van der Waals surface area contributed by atoms with E-state index in [1.165, 1.54) is 16.7 Å². The van der Waals surface area contributed by atoms with Gasteiger partial charge in [0, 0.05) is 13.0 Å². The maximum Gasteiger partial charge on any atom is 0.162 e. The predicted molar refractivity (Wildman–Crippen MR) is 146 cm³/mol. The van der Waals surface area contributed by atoms with E-state index in [1.807, 2.05) is 42.5 Å². The first-order valence-corrected chi connectivity index (χ1v) is 12.7. The largest absolute Gasteiger partial charge is 0.493 e. The van der Waals surface area contributed by atoms with Gasteiger partial charge in [-0.15, -0.1) is 0 Å². The number of hydrogen-bond acceptors (Lipinski definition) is 5. The van der Waals surface area contributed by atoms with Gasteiger partial charge in [0.05, 0.1) is 26.9 Å². The van der Waals surface area contributed by atoms with Gasteiger partial charge in [-0.2, -0.15) is 0 Å². The van der Waals surface area contributed by atoms with E-state index in [-0.39, 0.29) is 6.04 Å². The Morgan fingerprint density at radius 3 is 2.14 bits per heavy atom. The molecule has 1 aliphatic rings. The summed E-state index contributed by atoms with van der Waals surface area (Å²) in [4.78, 5) is 0. The van der Waals surface area contributed by atoms with Gasteiger partial charge < -0.3 is 24.3 Å². The van der Waals surface area contributed by atoms with Crippen LogP contribution >= 0.6 is 0 Å². The Hall–Kier alpha value is -3.96. The van der Waals surface area contributed by atoms with Crippen molar-refractivity contribution in [3.8, 4) is 23.0 Å². The molecule has 4 aromatic rings. The second-order valence-corrected chi connectivity index (χ2v) is 9.11. The van der Waals surface area contributed by atoms with Crippen molar-refractivity contribution in [1.82, 2.24) is 5.32 Å². The van der Waals surface area contributed by atoms with Gasteiger partial charge in [0.15, 0.2) is 23.0 Å². The summed E-state index contributed by atoms with van der Waals surface area (Å²) in [7, 11) is 3.38. The summed E-state index contributed by atoms with van der Waals surface area (Å²) < 4.78 is 23.7. The third kappa shape index (κ3) is 5.89. The number of hydrogen-bond donors (Lipinski definition) is 1. The average Bonchev–Trinajstić information content (AvgIpc) is 2.96. The minimum atomic E-state index is 0.0148. The van der Waals surface area contributed by atoms with Crippen LogP contribution in [-0.2, 0) is 19.4 Å². The van der Waals surface area contributed by atoms with Crippen LogP contribution in [0.4, 0.5) is 0 Å². The first kappa shape index (κ1) is 24.7. The van der Waals surface area contributed by atoms with E-state index in [4.69, 9.17) is 18.9 Å². The van der Waals surface area contributed by atoms with E-state index in [9.17, 15) is 0 Å². The molecule has 190 valence electrons. The van der Waals surface area contributed by atoms with E-state index in [1.54, 1.807) is 14.2 Å². The van der Waals surface area contributed by atoms with E-state index < -0.39 is 0 Å². The fraction of sp³-hybridized carbons (Fsp3) is 0.250. The van der Waals surface area contributed by atoms with Gasteiger partial charge in [0.25, 0.3) is 0 Å². The molecule has 0 spiro atoms. The number of fused-ring (bicyclic) bond motifs is 1. The molecule has 4 aromatic carbocycles. The Morgan fingerprint density at radius 1 is 0.703 bits per heavy atom. The molecule has 0 amide bonds. The molecule has 5 nitrogen and oxygen atoms in total. The van der Waals surface area contributed by atoms with Crippen LogP contribution in [0.3, 0.4) is 0 Å². The Bertz CT molecular complexity index is 1310. The van der Waals surface area contributed by atoms with Crippen molar-refractivity contribution in [2.45, 2.75) is 25.5 Å². The molecule has 1 unspecified atom stereocenters. The molecule has 1 heterocycles. The molecule has 0 saturated carbocycles. The number of methoxy groups -OCH3 is 2. The second-order valence-electron chi connectivity index (χ2n) is 9.11. The van der Waals surface area contributed by atoms with Crippen molar-refractivity contribution in [2.75, 3.05) is 27.4 Å². The lowest BCUT2D eigenvalue weighted by Crippen LogP contribution is -2.30. The van der Waals surface area contributed by atoms with Crippen LogP contribution in [0.1, 0.15) is 33.9 Å². The van der Waals surface area contributed by atoms with E-state index in [2.05, 4.69) is 53.8 Å². The fourth-order valence-corrected chi connectivity index (χ4v) is 4.78. The summed E-state index contributed by atoms with van der Waals surface area (Å²) in [5.41, 5.74) is 5.93. The van der Waals surface area contributed by atoms with Crippen LogP contribution in [0.5, 0.6) is 23.0 Å². The van der Waals surface area contributed by atoms with E-state index >= 15 is 0 Å². The topological polar surface area (TPSA) is 49.0 Å². The molecule has 0 aromatic heterocycles. The smallest absolute Gasteiger partial charge is 0.162 e. The highest BCUT2D eigenvalue weighted by Crippen LogP contribution is 2.40. The highest BCUT2D eigenvalue weighted by Gasteiger charge is 2.25. The van der Waals surface area contributed by atoms with E-state index in [0.29, 0.717) is 13.2 Å². The summed E-state index contributed by atoms with van der Waals surface area (Å²) in [5, 5.41) is 3.67. The monoisotopic (exact) mass is 495 g/mol. The highest BCUT2D eigenvalue weighted by atomic mass is 16.5. The summed E-state index contributed by atoms with van der Waals surface area (Å²) in [6.45, 7) is 1.95. The summed E-state index contributed by atoms with van der Waals surface area (Å²) >= 11 is 0. The summed E-state index contributed by atoms with van der Waals surface area (Å²) in [6.07, 6.45) is 1.77. The molecule has 0 saturated heterocycles. The molecule has 0 aliphatic carbocycles. The third-order valence-electron chi connectivity index (χ3n) is 6.73. The first-order chi connectivity index (χ1) is 18.2. The highest BCUT2D eigenvalue weighted by molar-refractivity contribution is 5.53. The van der Waals surface area contributed by atoms with Gasteiger partial charge in [-0.3, -0.25) is 0 Å². The van der Waals surface area contributed by atoms with Crippen LogP contribution in [-0.4, -0.2) is 27.4 Å². The van der Waals surface area contributed by atoms with Crippen LogP contribution in [0.15, 0.2) is 91.0 Å². The summed E-state index contributed by atoms with van der Waals surface area (Å²) in [5.74, 6) is 2.98. The molecule has 1 aliphatic heterocycles. The molecule has 5 rings (SSSR count). The number of nitrogens with one attached hydrogen (secondary N) is 1. The standard InChI is InChI=1S/C32H33NO4/c1-34-29-20-26(13-14-28(29)36-18-16-23-9-5-3-6-10-23)32-27-21-31(37-22-24-11-7-4-8-12-24)30(35-2)19-25(27)15-17-33-32/h3-14,19-21,32-33H,15-18,22H2,1-2H3. The van der Waals surface area contributed by atoms with Crippen molar-refractivity contribution >= 4 is 0 Å². The van der Waals surface area contributed by atoms with Crippen molar-refractivity contribution in [2.24, 2.45) is 0 Å². The van der Waals surface area contributed by atoms with Crippen molar-refractivity contribution in [3.05, 3.63) is 119 Å². The Balaban J connectivity index is 1.36. The van der Waals surface area contributed by atoms with Crippen LogP contribution in [0.2, 0.25) is 0 Å². The maximum absolute atomic E-state index is 6.21. The van der Waals surface area contributed by atoms with Crippen LogP contribution in [0, 0.1) is 0 Å². The molecule has 5 heteroatoms. The van der Waals surface area contributed by atoms with Gasteiger partial charge in [0.1, 0.15) is 6.61 Å². The van der Waals surface area contributed by atoms with Gasteiger partial charge in [-0.1, -0.05) is 66.7 Å². The van der Waals surface area contributed by atoms with Gasteiger partial charge in [-0.25, -0.2) is 0 Å². The first-order valence-electron chi connectivity index (χ1n) is 12.7. The van der Waals surface area contributed by atoms with Gasteiger partial charge in [-0.05, 0) is 58.5 Å². The fourth-order valence-electron chi connectivity index (χ4n) is 4.78. The molecule has 1 atom stereocenters. The maximum atomic E-state index is 6.21. The minimum Gasteiger partial charge on any atom is -0.493 e. The lowest BCUT2D eigenvalue weighted by atomic mass is 9.89. The molecular formula is C32H33NO4. The van der Waals surface area contributed by atoms with E-state index in [0.717, 1.165) is 53.5 Å².